The third kappa shape index (κ3) is 2.44. The number of aromatic nitrogens is 1. The molecule has 0 aromatic carbocycles. The molecule has 0 bridgehead atoms. The number of rotatable bonds is 3. The van der Waals surface area contributed by atoms with Crippen LogP contribution >= 0.6 is 11.3 Å². The minimum atomic E-state index is 0.0753. The van der Waals surface area contributed by atoms with E-state index in [0.29, 0.717) is 5.92 Å². The molecule has 3 rings (SSSR count). The lowest BCUT2D eigenvalue weighted by molar-refractivity contribution is -0.0417. The first-order chi connectivity index (χ1) is 9.13. The number of aryl methyl sites for hydroxylation is 2. The molecule has 0 saturated carbocycles. The van der Waals surface area contributed by atoms with Crippen molar-refractivity contribution in [2.75, 3.05) is 32.9 Å². The van der Waals surface area contributed by atoms with Crippen LogP contribution in [-0.2, 0) is 11.3 Å². The van der Waals surface area contributed by atoms with Gasteiger partial charge in [0.15, 0.2) is 0 Å². The lowest BCUT2D eigenvalue weighted by Gasteiger charge is -2.36. The Morgan fingerprint density at radius 2 is 2.37 bits per heavy atom. The van der Waals surface area contributed by atoms with Gasteiger partial charge in [-0.2, -0.15) is 0 Å². The minimum absolute atomic E-state index is 0.0753. The fourth-order valence-electron chi connectivity index (χ4n) is 3.46. The zero-order chi connectivity index (χ0) is 13.5. The van der Waals surface area contributed by atoms with Crippen molar-refractivity contribution in [3.63, 3.8) is 0 Å². The van der Waals surface area contributed by atoms with E-state index in [4.69, 9.17) is 4.74 Å². The molecule has 0 aliphatic carbocycles. The molecular weight excluding hydrogens is 260 g/mol. The van der Waals surface area contributed by atoms with Crippen LogP contribution in [-0.4, -0.2) is 47.9 Å². The molecule has 0 amide bonds. The molecule has 106 valence electrons. The second kappa shape index (κ2) is 5.13. The summed E-state index contributed by atoms with van der Waals surface area (Å²) in [6.45, 7) is 9.04. The van der Waals surface area contributed by atoms with Crippen LogP contribution in [0, 0.1) is 25.2 Å². The van der Waals surface area contributed by atoms with E-state index in [-0.39, 0.29) is 12.0 Å². The van der Waals surface area contributed by atoms with Crippen LogP contribution in [0.5, 0.6) is 0 Å². The Labute approximate surface area is 118 Å². The molecule has 5 heteroatoms. The molecule has 2 atom stereocenters. The predicted octanol–water partition coefficient (Wildman–Crippen LogP) is 1.59. The highest BCUT2D eigenvalue weighted by Gasteiger charge is 2.47. The number of hydrogen-bond acceptors (Lipinski definition) is 5. The quantitative estimate of drug-likeness (QED) is 0.914. The summed E-state index contributed by atoms with van der Waals surface area (Å²) in [5, 5.41) is 10.9. The number of nitrogens with zero attached hydrogens (tertiary/aromatic N) is 2. The van der Waals surface area contributed by atoms with Gasteiger partial charge in [0.25, 0.3) is 0 Å². The Bertz CT molecular complexity index is 462. The van der Waals surface area contributed by atoms with Crippen LogP contribution in [0.2, 0.25) is 0 Å². The molecule has 1 aromatic rings. The largest absolute Gasteiger partial charge is 0.396 e. The number of aliphatic hydroxyl groups excluding tert-OH is 1. The van der Waals surface area contributed by atoms with Gasteiger partial charge in [-0.1, -0.05) is 0 Å². The maximum Gasteiger partial charge on any atom is 0.0900 e. The molecule has 3 heterocycles. The van der Waals surface area contributed by atoms with E-state index in [9.17, 15) is 5.11 Å². The van der Waals surface area contributed by atoms with Gasteiger partial charge in [0, 0.05) is 42.5 Å². The molecule has 0 radical (unpaired) electrons. The number of ether oxygens (including phenoxy) is 1. The molecule has 0 spiro atoms. The summed E-state index contributed by atoms with van der Waals surface area (Å²) in [5.41, 5.74) is 1.23. The van der Waals surface area contributed by atoms with Gasteiger partial charge in [-0.25, -0.2) is 4.98 Å². The Balaban J connectivity index is 1.72. The average Bonchev–Trinajstić information content (AvgIpc) is 2.90. The van der Waals surface area contributed by atoms with Crippen molar-refractivity contribution in [2.45, 2.75) is 26.8 Å². The first kappa shape index (κ1) is 13.5. The standard InChI is InChI=1S/C14H22N2O2S/c1-10-13(19-11(2)15-10)6-16-5-12-7-18-4-3-14(12,8-16)9-17/h12,17H,3-9H2,1-2H3/t12-,14-/m1/s1. The smallest absolute Gasteiger partial charge is 0.0900 e. The van der Waals surface area contributed by atoms with E-state index >= 15 is 0 Å². The van der Waals surface area contributed by atoms with Crippen LogP contribution in [0.1, 0.15) is 22.0 Å². The highest BCUT2D eigenvalue weighted by Crippen LogP contribution is 2.42. The van der Waals surface area contributed by atoms with Crippen LogP contribution in [0.25, 0.3) is 0 Å². The number of hydrogen-bond donors (Lipinski definition) is 1. The molecule has 0 unspecified atom stereocenters. The first-order valence-electron chi connectivity index (χ1n) is 6.97. The molecule has 2 aliphatic heterocycles. The van der Waals surface area contributed by atoms with E-state index < -0.39 is 0 Å². The highest BCUT2D eigenvalue weighted by atomic mass is 32.1. The monoisotopic (exact) mass is 282 g/mol. The summed E-state index contributed by atoms with van der Waals surface area (Å²) in [4.78, 5) is 8.33. The number of likely N-dealkylation sites (tertiary alicyclic amines) is 1. The molecule has 2 aliphatic rings. The Kier molecular flexibility index (Phi) is 3.64. The van der Waals surface area contributed by atoms with Crippen molar-refractivity contribution in [2.24, 2.45) is 11.3 Å². The molecule has 1 N–H and O–H groups in total. The van der Waals surface area contributed by atoms with Crippen molar-refractivity contribution in [3.05, 3.63) is 15.6 Å². The van der Waals surface area contributed by atoms with Crippen LogP contribution in [0.4, 0.5) is 0 Å². The van der Waals surface area contributed by atoms with Crippen molar-refractivity contribution in [3.8, 4) is 0 Å². The van der Waals surface area contributed by atoms with E-state index in [1.807, 2.05) is 0 Å². The molecule has 2 fully saturated rings. The van der Waals surface area contributed by atoms with E-state index in [2.05, 4.69) is 23.7 Å². The van der Waals surface area contributed by atoms with Gasteiger partial charge in [0.1, 0.15) is 0 Å². The van der Waals surface area contributed by atoms with E-state index in [1.165, 1.54) is 4.88 Å². The topological polar surface area (TPSA) is 45.6 Å². The number of fused-ring (bicyclic) bond motifs is 1. The van der Waals surface area contributed by atoms with Gasteiger partial charge in [0.05, 0.1) is 23.9 Å². The van der Waals surface area contributed by atoms with Gasteiger partial charge in [-0.05, 0) is 20.3 Å². The lowest BCUT2D eigenvalue weighted by Crippen LogP contribution is -2.41. The Hall–Kier alpha value is -0.490. The van der Waals surface area contributed by atoms with Crippen molar-refractivity contribution >= 4 is 11.3 Å². The van der Waals surface area contributed by atoms with Crippen LogP contribution in [0.3, 0.4) is 0 Å². The van der Waals surface area contributed by atoms with Crippen molar-refractivity contribution < 1.29 is 9.84 Å². The average molecular weight is 282 g/mol. The molecule has 1 aromatic heterocycles. The van der Waals surface area contributed by atoms with Crippen LogP contribution < -0.4 is 0 Å². The summed E-state index contributed by atoms with van der Waals surface area (Å²) < 4.78 is 5.59. The summed E-state index contributed by atoms with van der Waals surface area (Å²) in [7, 11) is 0. The maximum atomic E-state index is 9.80. The first-order valence-corrected chi connectivity index (χ1v) is 7.78. The molecule has 4 nitrogen and oxygen atoms in total. The van der Waals surface area contributed by atoms with Gasteiger partial charge in [0.2, 0.25) is 0 Å². The van der Waals surface area contributed by atoms with Gasteiger partial charge in [-0.15, -0.1) is 11.3 Å². The Morgan fingerprint density at radius 3 is 3.00 bits per heavy atom. The second-order valence-electron chi connectivity index (χ2n) is 5.95. The summed E-state index contributed by atoms with van der Waals surface area (Å²) in [5.74, 6) is 0.487. The third-order valence-electron chi connectivity index (χ3n) is 4.63. The zero-order valence-corrected chi connectivity index (χ0v) is 12.5. The summed E-state index contributed by atoms with van der Waals surface area (Å²) in [6.07, 6.45) is 0.991. The molecule has 19 heavy (non-hydrogen) atoms. The van der Waals surface area contributed by atoms with Gasteiger partial charge >= 0.3 is 0 Å². The fourth-order valence-corrected chi connectivity index (χ4v) is 4.44. The lowest BCUT2D eigenvalue weighted by atomic mass is 9.75. The normalized spacial score (nSPS) is 31.6. The van der Waals surface area contributed by atoms with E-state index in [1.54, 1.807) is 11.3 Å². The second-order valence-corrected chi connectivity index (χ2v) is 7.24. The zero-order valence-electron chi connectivity index (χ0n) is 11.7. The molecular formula is C14H22N2O2S. The summed E-state index contributed by atoms with van der Waals surface area (Å²) in [6, 6.07) is 0. The fraction of sp³-hybridized carbons (Fsp3) is 0.786. The summed E-state index contributed by atoms with van der Waals surface area (Å²) >= 11 is 1.79. The highest BCUT2D eigenvalue weighted by molar-refractivity contribution is 7.11. The molecule has 2 saturated heterocycles. The number of aliphatic hydroxyl groups is 1. The third-order valence-corrected chi connectivity index (χ3v) is 5.69. The van der Waals surface area contributed by atoms with Crippen molar-refractivity contribution in [1.82, 2.24) is 9.88 Å². The minimum Gasteiger partial charge on any atom is -0.396 e. The SMILES string of the molecule is Cc1nc(C)c(CN2C[C@@H]3COCC[C@]3(CO)C2)s1. The maximum absolute atomic E-state index is 9.80. The Morgan fingerprint density at radius 1 is 1.53 bits per heavy atom. The predicted molar refractivity (Wildman–Crippen MR) is 75.3 cm³/mol. The van der Waals surface area contributed by atoms with E-state index in [0.717, 1.165) is 50.0 Å². The number of thiazole rings is 1. The van der Waals surface area contributed by atoms with Gasteiger partial charge in [-0.3, -0.25) is 4.90 Å². The van der Waals surface area contributed by atoms with Gasteiger partial charge < -0.3 is 9.84 Å². The van der Waals surface area contributed by atoms with Crippen LogP contribution in [0.15, 0.2) is 0 Å². The van der Waals surface area contributed by atoms with Crippen molar-refractivity contribution in [1.29, 1.82) is 0 Å².